The molecule has 0 amide bonds. The molecule has 1 aromatic carbocycles. The first-order valence-corrected chi connectivity index (χ1v) is 11.6. The van der Waals surface area contributed by atoms with E-state index in [4.69, 9.17) is 0 Å². The molecule has 0 bridgehead atoms. The molecule has 0 atom stereocenters. The quantitative estimate of drug-likeness (QED) is 0.621. The molecule has 1 aromatic heterocycles. The van der Waals surface area contributed by atoms with Crippen molar-refractivity contribution in [2.75, 3.05) is 32.4 Å². The van der Waals surface area contributed by atoms with Crippen molar-refractivity contribution in [1.29, 1.82) is 0 Å². The number of hydrogen-bond acceptors (Lipinski definition) is 8. The van der Waals surface area contributed by atoms with Gasteiger partial charge in [0.25, 0.3) is 0 Å². The van der Waals surface area contributed by atoms with Gasteiger partial charge in [-0.25, -0.2) is 8.42 Å². The first-order valence-electron chi connectivity index (χ1n) is 8.12. The van der Waals surface area contributed by atoms with E-state index in [1.807, 2.05) is 6.26 Å². The fourth-order valence-electron chi connectivity index (χ4n) is 2.67. The molecule has 3 rings (SSSR count). The Hall–Kier alpha value is -1.41. The van der Waals surface area contributed by atoms with Gasteiger partial charge in [0.2, 0.25) is 10.0 Å². The van der Waals surface area contributed by atoms with E-state index >= 15 is 0 Å². The molecule has 154 valence electrons. The normalized spacial score (nSPS) is 17.0. The lowest BCUT2D eigenvalue weighted by atomic mass is 10.3. The predicted octanol–water partition coefficient (Wildman–Crippen LogP) is 2.67. The molecule has 0 N–H and O–H groups in total. The number of piperazine rings is 1. The van der Waals surface area contributed by atoms with Crippen LogP contribution in [0, 0.1) is 0 Å². The minimum atomic E-state index is -4.82. The van der Waals surface area contributed by atoms with Crippen LogP contribution in [0.4, 0.5) is 13.2 Å². The second kappa shape index (κ2) is 8.53. The third-order valence-corrected chi connectivity index (χ3v) is 7.80. The summed E-state index contributed by atoms with van der Waals surface area (Å²) < 4.78 is 68.1. The number of ether oxygens (including phenoxy) is 1. The molecule has 28 heavy (non-hydrogen) atoms. The van der Waals surface area contributed by atoms with Gasteiger partial charge in [-0.15, -0.1) is 23.4 Å². The van der Waals surface area contributed by atoms with E-state index < -0.39 is 22.1 Å². The lowest BCUT2D eigenvalue weighted by Gasteiger charge is -2.33. The molecular formula is C15H17F3N4O3S3. The molecule has 0 saturated carbocycles. The summed E-state index contributed by atoms with van der Waals surface area (Å²) in [6, 6.07) is 4.23. The van der Waals surface area contributed by atoms with E-state index in [9.17, 15) is 21.6 Å². The van der Waals surface area contributed by atoms with Crippen LogP contribution >= 0.6 is 23.1 Å². The number of sulfonamides is 1. The minimum Gasteiger partial charge on any atom is -0.406 e. The van der Waals surface area contributed by atoms with Crippen molar-refractivity contribution >= 4 is 33.1 Å². The Morgan fingerprint density at radius 2 is 1.79 bits per heavy atom. The Balaban J connectivity index is 1.59. The van der Waals surface area contributed by atoms with Gasteiger partial charge >= 0.3 is 6.36 Å². The van der Waals surface area contributed by atoms with Crippen molar-refractivity contribution in [1.82, 2.24) is 19.4 Å². The first kappa shape index (κ1) is 21.3. The van der Waals surface area contributed by atoms with Crippen LogP contribution in [0.2, 0.25) is 0 Å². The molecule has 1 saturated heterocycles. The van der Waals surface area contributed by atoms with Crippen LogP contribution in [0.5, 0.6) is 5.75 Å². The number of hydrogen-bond donors (Lipinski definition) is 0. The number of nitrogens with zero attached hydrogens (tertiary/aromatic N) is 4. The van der Waals surface area contributed by atoms with Crippen molar-refractivity contribution in [2.45, 2.75) is 22.1 Å². The summed E-state index contributed by atoms with van der Waals surface area (Å²) in [6.07, 6.45) is -2.89. The molecule has 1 aliphatic heterocycles. The third-order valence-electron chi connectivity index (χ3n) is 4.01. The van der Waals surface area contributed by atoms with E-state index in [0.717, 1.165) is 33.6 Å². The van der Waals surface area contributed by atoms with E-state index in [0.29, 0.717) is 19.6 Å². The van der Waals surface area contributed by atoms with Crippen LogP contribution in [0.1, 0.15) is 5.01 Å². The zero-order valence-electron chi connectivity index (χ0n) is 14.7. The molecule has 2 aromatic rings. The number of aromatic nitrogens is 2. The molecule has 0 spiro atoms. The maximum absolute atomic E-state index is 12.7. The molecular weight excluding hydrogens is 437 g/mol. The van der Waals surface area contributed by atoms with E-state index in [1.165, 1.54) is 27.4 Å². The SMILES string of the molecule is CSc1nnc(CN2CCN(S(=O)(=O)c3ccc(OC(F)(F)F)cc3)CC2)s1. The Morgan fingerprint density at radius 1 is 1.14 bits per heavy atom. The molecule has 0 unspecified atom stereocenters. The van der Waals surface area contributed by atoms with Crippen molar-refractivity contribution in [3.05, 3.63) is 29.3 Å². The average molecular weight is 455 g/mol. The molecule has 2 heterocycles. The van der Waals surface area contributed by atoms with Crippen molar-refractivity contribution in [3.8, 4) is 5.75 Å². The minimum absolute atomic E-state index is 0.0655. The molecule has 1 fully saturated rings. The summed E-state index contributed by atoms with van der Waals surface area (Å²) in [7, 11) is -3.78. The summed E-state index contributed by atoms with van der Waals surface area (Å²) in [5.41, 5.74) is 0. The van der Waals surface area contributed by atoms with Gasteiger partial charge in [-0.3, -0.25) is 4.90 Å². The third kappa shape index (κ3) is 5.35. The standard InChI is InChI=1S/C15H17F3N4O3S3/c1-26-14-20-19-13(27-14)10-21-6-8-22(9-7-21)28(23,24)12-4-2-11(3-5-12)25-15(16,17)18/h2-5H,6-10H2,1H3. The Bertz CT molecular complexity index is 895. The Kier molecular flexibility index (Phi) is 6.49. The zero-order valence-corrected chi connectivity index (χ0v) is 17.2. The monoisotopic (exact) mass is 454 g/mol. The van der Waals surface area contributed by atoms with Crippen LogP contribution in [0.3, 0.4) is 0 Å². The van der Waals surface area contributed by atoms with Gasteiger partial charge in [-0.05, 0) is 30.5 Å². The molecule has 1 aliphatic rings. The molecule has 0 aliphatic carbocycles. The Morgan fingerprint density at radius 3 is 2.32 bits per heavy atom. The summed E-state index contributed by atoms with van der Waals surface area (Å²) in [6.45, 7) is 2.25. The summed E-state index contributed by atoms with van der Waals surface area (Å²) in [4.78, 5) is 2.03. The van der Waals surface area contributed by atoms with E-state index in [-0.39, 0.29) is 18.0 Å². The Labute approximate surface area is 168 Å². The molecule has 0 radical (unpaired) electrons. The highest BCUT2D eigenvalue weighted by Crippen LogP contribution is 2.26. The second-order valence-electron chi connectivity index (χ2n) is 5.87. The fraction of sp³-hybridized carbons (Fsp3) is 0.467. The highest BCUT2D eigenvalue weighted by molar-refractivity contribution is 8.00. The van der Waals surface area contributed by atoms with Gasteiger partial charge in [-0.1, -0.05) is 23.1 Å². The smallest absolute Gasteiger partial charge is 0.406 e. The average Bonchev–Trinajstić information content (AvgIpc) is 3.09. The van der Waals surface area contributed by atoms with Crippen LogP contribution in [-0.4, -0.2) is 66.6 Å². The maximum Gasteiger partial charge on any atom is 0.573 e. The van der Waals surface area contributed by atoms with Gasteiger partial charge in [0.1, 0.15) is 10.8 Å². The topological polar surface area (TPSA) is 75.6 Å². The fourth-order valence-corrected chi connectivity index (χ4v) is 5.44. The highest BCUT2D eigenvalue weighted by Gasteiger charge is 2.32. The van der Waals surface area contributed by atoms with E-state index in [1.54, 1.807) is 0 Å². The summed E-state index contributed by atoms with van der Waals surface area (Å²) in [5.74, 6) is -0.460. The highest BCUT2D eigenvalue weighted by atomic mass is 32.2. The summed E-state index contributed by atoms with van der Waals surface area (Å²) in [5, 5.41) is 9.03. The summed E-state index contributed by atoms with van der Waals surface area (Å²) >= 11 is 3.03. The zero-order chi connectivity index (χ0) is 20.4. The number of benzene rings is 1. The lowest BCUT2D eigenvalue weighted by molar-refractivity contribution is -0.274. The van der Waals surface area contributed by atoms with Gasteiger partial charge in [0.15, 0.2) is 4.34 Å². The van der Waals surface area contributed by atoms with Crippen molar-refractivity contribution in [3.63, 3.8) is 0 Å². The first-order chi connectivity index (χ1) is 13.2. The predicted molar refractivity (Wildman–Crippen MR) is 98.9 cm³/mol. The van der Waals surface area contributed by atoms with Gasteiger partial charge in [-0.2, -0.15) is 4.31 Å². The number of alkyl halides is 3. The number of thioether (sulfide) groups is 1. The number of rotatable bonds is 6. The maximum atomic E-state index is 12.7. The lowest BCUT2D eigenvalue weighted by Crippen LogP contribution is -2.48. The van der Waals surface area contributed by atoms with Crippen LogP contribution in [0.25, 0.3) is 0 Å². The largest absolute Gasteiger partial charge is 0.573 e. The van der Waals surface area contributed by atoms with Crippen molar-refractivity contribution < 1.29 is 26.3 Å². The van der Waals surface area contributed by atoms with Crippen LogP contribution in [-0.2, 0) is 16.6 Å². The van der Waals surface area contributed by atoms with E-state index in [2.05, 4.69) is 19.8 Å². The van der Waals surface area contributed by atoms with Crippen LogP contribution in [0.15, 0.2) is 33.5 Å². The van der Waals surface area contributed by atoms with Crippen LogP contribution < -0.4 is 4.74 Å². The molecule has 13 heteroatoms. The molecule has 7 nitrogen and oxygen atoms in total. The number of halogens is 3. The van der Waals surface area contributed by atoms with Crippen molar-refractivity contribution in [2.24, 2.45) is 0 Å². The second-order valence-corrected chi connectivity index (χ2v) is 9.92. The van der Waals surface area contributed by atoms with Gasteiger partial charge < -0.3 is 4.74 Å². The van der Waals surface area contributed by atoms with Gasteiger partial charge in [0, 0.05) is 26.2 Å². The van der Waals surface area contributed by atoms with Gasteiger partial charge in [0.05, 0.1) is 11.4 Å².